The van der Waals surface area contributed by atoms with E-state index < -0.39 is 0 Å². The van der Waals surface area contributed by atoms with Crippen molar-refractivity contribution in [3.63, 3.8) is 0 Å². The van der Waals surface area contributed by atoms with Gasteiger partial charge in [0.1, 0.15) is 0 Å². The first-order valence-electron chi connectivity index (χ1n) is 9.43. The van der Waals surface area contributed by atoms with Gasteiger partial charge in [0.25, 0.3) is 0 Å². The molecule has 1 heterocycles. The molecule has 2 aliphatic rings. The van der Waals surface area contributed by atoms with Crippen LogP contribution in [0.15, 0.2) is 0 Å². The lowest BCUT2D eigenvalue weighted by atomic mass is 9.88. The maximum absolute atomic E-state index is 12.5. The van der Waals surface area contributed by atoms with Gasteiger partial charge in [0, 0.05) is 17.7 Å². The van der Waals surface area contributed by atoms with Gasteiger partial charge >= 0.3 is 0 Å². The van der Waals surface area contributed by atoms with Crippen LogP contribution >= 0.6 is 0 Å². The summed E-state index contributed by atoms with van der Waals surface area (Å²) in [5, 5.41) is 10.5. The molecule has 2 fully saturated rings. The van der Waals surface area contributed by atoms with E-state index in [-0.39, 0.29) is 29.7 Å². The lowest BCUT2D eigenvalue weighted by molar-refractivity contribution is -0.132. The molecule has 2 rings (SSSR count). The highest BCUT2D eigenvalue weighted by molar-refractivity contribution is 6.07. The van der Waals surface area contributed by atoms with Crippen molar-refractivity contribution in [1.29, 1.82) is 5.41 Å². The topological polar surface area (TPSA) is 73.3 Å². The van der Waals surface area contributed by atoms with Crippen molar-refractivity contribution in [2.24, 2.45) is 11.3 Å². The number of hydrogen-bond donors (Lipinski definition) is 2. The molecule has 1 saturated heterocycles. The van der Waals surface area contributed by atoms with Gasteiger partial charge in [0.05, 0.1) is 12.5 Å². The van der Waals surface area contributed by atoms with E-state index in [1.165, 1.54) is 32.1 Å². The summed E-state index contributed by atoms with van der Waals surface area (Å²) in [6, 6.07) is -0.167. The fourth-order valence-corrected chi connectivity index (χ4v) is 3.73. The van der Waals surface area contributed by atoms with E-state index in [0.29, 0.717) is 11.6 Å². The monoisotopic (exact) mass is 335 g/mol. The molecule has 2 amide bonds. The quantitative estimate of drug-likeness (QED) is 0.758. The minimum absolute atomic E-state index is 0.00455. The lowest BCUT2D eigenvalue weighted by Gasteiger charge is -2.30. The fraction of sp³-hybridized carbons (Fsp3) is 0.842. The van der Waals surface area contributed by atoms with E-state index in [4.69, 9.17) is 5.41 Å². The van der Waals surface area contributed by atoms with Crippen molar-refractivity contribution in [2.45, 2.75) is 78.2 Å². The second kappa shape index (κ2) is 8.24. The van der Waals surface area contributed by atoms with Crippen LogP contribution in [0.3, 0.4) is 0 Å². The summed E-state index contributed by atoms with van der Waals surface area (Å²) < 4.78 is 0. The molecule has 24 heavy (non-hydrogen) atoms. The average Bonchev–Trinajstić information content (AvgIpc) is 2.95. The predicted octanol–water partition coefficient (Wildman–Crippen LogP) is 3.13. The minimum atomic E-state index is -0.343. The SMILES string of the molecule is CC(C)(C)C(=N)CC(=O)NC(=O)C1CCCN1CC1CCCCC1. The maximum atomic E-state index is 12.5. The third-order valence-corrected chi connectivity index (χ3v) is 5.39. The van der Waals surface area contributed by atoms with Gasteiger partial charge in [-0.25, -0.2) is 0 Å². The third-order valence-electron chi connectivity index (χ3n) is 5.39. The van der Waals surface area contributed by atoms with Crippen LogP contribution in [0.25, 0.3) is 0 Å². The zero-order valence-electron chi connectivity index (χ0n) is 15.5. The van der Waals surface area contributed by atoms with Crippen LogP contribution in [-0.2, 0) is 9.59 Å². The van der Waals surface area contributed by atoms with Crippen molar-refractivity contribution in [1.82, 2.24) is 10.2 Å². The Labute approximate surface area is 146 Å². The smallest absolute Gasteiger partial charge is 0.243 e. The van der Waals surface area contributed by atoms with E-state index in [1.807, 2.05) is 20.8 Å². The molecule has 1 aliphatic heterocycles. The minimum Gasteiger partial charge on any atom is -0.309 e. The molecule has 0 aromatic carbocycles. The molecule has 0 spiro atoms. The zero-order chi connectivity index (χ0) is 17.7. The highest BCUT2D eigenvalue weighted by Gasteiger charge is 2.33. The summed E-state index contributed by atoms with van der Waals surface area (Å²) in [5.41, 5.74) is 0.0269. The van der Waals surface area contributed by atoms with Gasteiger partial charge in [0.2, 0.25) is 11.8 Å². The van der Waals surface area contributed by atoms with Crippen molar-refractivity contribution < 1.29 is 9.59 Å². The molecule has 0 aromatic rings. The summed E-state index contributed by atoms with van der Waals surface area (Å²) in [6.45, 7) is 7.68. The number of nitrogens with zero attached hydrogens (tertiary/aromatic N) is 1. The molecule has 5 heteroatoms. The number of likely N-dealkylation sites (tertiary alicyclic amines) is 1. The van der Waals surface area contributed by atoms with E-state index in [9.17, 15) is 9.59 Å². The maximum Gasteiger partial charge on any atom is 0.243 e. The first kappa shape index (κ1) is 19.1. The molecule has 1 aliphatic carbocycles. The largest absolute Gasteiger partial charge is 0.309 e. The standard InChI is InChI=1S/C19H33N3O2/c1-19(2,3)16(20)12-17(23)21-18(24)15-10-7-11-22(15)13-14-8-5-4-6-9-14/h14-15,20H,4-13H2,1-3H3,(H,21,23,24). The normalized spacial score (nSPS) is 23.2. The van der Waals surface area contributed by atoms with Gasteiger partial charge in [-0.05, 0) is 38.1 Å². The summed E-state index contributed by atoms with van der Waals surface area (Å²) >= 11 is 0. The molecule has 1 atom stereocenters. The van der Waals surface area contributed by atoms with E-state index >= 15 is 0 Å². The Morgan fingerprint density at radius 2 is 1.75 bits per heavy atom. The molecule has 5 nitrogen and oxygen atoms in total. The Balaban J connectivity index is 1.83. The van der Waals surface area contributed by atoms with Gasteiger partial charge in [-0.3, -0.25) is 19.8 Å². The predicted molar refractivity (Wildman–Crippen MR) is 96.1 cm³/mol. The molecule has 0 aromatic heterocycles. The summed E-state index contributed by atoms with van der Waals surface area (Å²) in [6.07, 6.45) is 8.36. The highest BCUT2D eigenvalue weighted by Crippen LogP contribution is 2.27. The first-order valence-corrected chi connectivity index (χ1v) is 9.43. The lowest BCUT2D eigenvalue weighted by Crippen LogP contribution is -2.47. The van der Waals surface area contributed by atoms with Crippen LogP contribution in [0.5, 0.6) is 0 Å². The van der Waals surface area contributed by atoms with E-state index in [1.54, 1.807) is 0 Å². The van der Waals surface area contributed by atoms with E-state index in [0.717, 1.165) is 25.9 Å². The van der Waals surface area contributed by atoms with Crippen LogP contribution in [-0.4, -0.2) is 41.6 Å². The Morgan fingerprint density at radius 3 is 2.38 bits per heavy atom. The number of carbonyl (C=O) groups is 2. The molecular weight excluding hydrogens is 302 g/mol. The molecule has 1 saturated carbocycles. The van der Waals surface area contributed by atoms with E-state index in [2.05, 4.69) is 10.2 Å². The first-order chi connectivity index (χ1) is 11.3. The number of amides is 2. The molecule has 0 radical (unpaired) electrons. The zero-order valence-corrected chi connectivity index (χ0v) is 15.5. The molecule has 136 valence electrons. The van der Waals surface area contributed by atoms with Crippen LogP contribution in [0.4, 0.5) is 0 Å². The Morgan fingerprint density at radius 1 is 1.08 bits per heavy atom. The second-order valence-electron chi connectivity index (χ2n) is 8.47. The molecule has 2 N–H and O–H groups in total. The van der Waals surface area contributed by atoms with Gasteiger partial charge in [-0.15, -0.1) is 0 Å². The van der Waals surface area contributed by atoms with Gasteiger partial charge in [0.15, 0.2) is 0 Å². The number of hydrogen-bond acceptors (Lipinski definition) is 4. The number of rotatable bonds is 5. The second-order valence-corrected chi connectivity index (χ2v) is 8.47. The number of nitrogens with one attached hydrogen (secondary N) is 2. The van der Waals surface area contributed by atoms with Gasteiger partial charge in [-0.1, -0.05) is 40.0 Å². The van der Waals surface area contributed by atoms with Crippen LogP contribution in [0.1, 0.15) is 72.1 Å². The van der Waals surface area contributed by atoms with Crippen LogP contribution in [0, 0.1) is 16.7 Å². The summed E-state index contributed by atoms with van der Waals surface area (Å²) in [5.74, 6) is 0.191. The molecular formula is C19H33N3O2. The van der Waals surface area contributed by atoms with Crippen molar-refractivity contribution in [2.75, 3.05) is 13.1 Å². The van der Waals surface area contributed by atoms with Crippen molar-refractivity contribution >= 4 is 17.5 Å². The van der Waals surface area contributed by atoms with Gasteiger partial charge in [-0.2, -0.15) is 0 Å². The van der Waals surface area contributed by atoms with Crippen LogP contribution in [0.2, 0.25) is 0 Å². The summed E-state index contributed by atoms with van der Waals surface area (Å²) in [4.78, 5) is 26.8. The average molecular weight is 335 g/mol. The van der Waals surface area contributed by atoms with Crippen molar-refractivity contribution in [3.8, 4) is 0 Å². The highest BCUT2D eigenvalue weighted by atomic mass is 16.2. The Bertz CT molecular complexity index is 475. The van der Waals surface area contributed by atoms with Gasteiger partial charge < -0.3 is 5.41 Å². The summed E-state index contributed by atoms with van der Waals surface area (Å²) in [7, 11) is 0. The Hall–Kier alpha value is -1.23. The molecule has 1 unspecified atom stereocenters. The number of carbonyl (C=O) groups excluding carboxylic acids is 2. The van der Waals surface area contributed by atoms with Crippen molar-refractivity contribution in [3.05, 3.63) is 0 Å². The van der Waals surface area contributed by atoms with Crippen LogP contribution < -0.4 is 5.32 Å². The molecule has 0 bridgehead atoms. The number of imide groups is 1. The third kappa shape index (κ3) is 5.40. The Kier molecular flexibility index (Phi) is 6.55. The fourth-order valence-electron chi connectivity index (χ4n) is 3.73.